The lowest BCUT2D eigenvalue weighted by molar-refractivity contribution is -0.122. The molecule has 0 fully saturated rings. The summed E-state index contributed by atoms with van der Waals surface area (Å²) < 4.78 is 5.77. The van der Waals surface area contributed by atoms with E-state index in [0.717, 1.165) is 0 Å². The Bertz CT molecular complexity index is 359. The average Bonchev–Trinajstić information content (AvgIpc) is 2.48. The Morgan fingerprint density at radius 3 is 2.13 bits per heavy atom. The van der Waals surface area contributed by atoms with Crippen LogP contribution < -0.4 is 10.6 Å². The lowest BCUT2D eigenvalue weighted by Crippen LogP contribution is -2.38. The van der Waals surface area contributed by atoms with E-state index in [9.17, 15) is 9.59 Å². The van der Waals surface area contributed by atoms with Crippen molar-refractivity contribution in [2.75, 3.05) is 0 Å². The van der Waals surface area contributed by atoms with Gasteiger partial charge in [-0.05, 0) is 28.1 Å². The molecule has 0 aromatic carbocycles. The summed E-state index contributed by atoms with van der Waals surface area (Å²) >= 11 is 3.14. The third-order valence-corrected chi connectivity index (χ3v) is 2.00. The van der Waals surface area contributed by atoms with Crippen molar-refractivity contribution in [3.8, 4) is 0 Å². The molecule has 0 bridgehead atoms. The van der Waals surface area contributed by atoms with Crippen molar-refractivity contribution in [2.45, 2.75) is 20.0 Å². The Hall–Kier alpha value is -1.30. The molecule has 15 heavy (non-hydrogen) atoms. The average molecular weight is 275 g/mol. The number of hydrogen-bond donors (Lipinski definition) is 2. The number of carbonyl (C=O) groups is 2. The molecule has 0 aliphatic carbocycles. The van der Waals surface area contributed by atoms with Crippen LogP contribution in [0.2, 0.25) is 0 Å². The van der Waals surface area contributed by atoms with Gasteiger partial charge in [-0.3, -0.25) is 9.59 Å². The number of amides is 2. The van der Waals surface area contributed by atoms with Crippen LogP contribution in [0.25, 0.3) is 0 Å². The normalized spacial score (nSPS) is 10.1. The fourth-order valence-corrected chi connectivity index (χ4v) is 1.39. The van der Waals surface area contributed by atoms with E-state index in [4.69, 9.17) is 4.42 Å². The minimum atomic E-state index is -0.633. The van der Waals surface area contributed by atoms with Crippen molar-refractivity contribution in [2.24, 2.45) is 0 Å². The van der Waals surface area contributed by atoms with Crippen LogP contribution in [0.1, 0.15) is 25.8 Å². The Morgan fingerprint density at radius 2 is 1.80 bits per heavy atom. The second-order valence-electron chi connectivity index (χ2n) is 2.98. The lowest BCUT2D eigenvalue weighted by atomic mass is 10.3. The summed E-state index contributed by atoms with van der Waals surface area (Å²) in [6, 6.07) is 3.35. The van der Waals surface area contributed by atoms with Crippen molar-refractivity contribution < 1.29 is 14.0 Å². The van der Waals surface area contributed by atoms with Crippen LogP contribution in [0.5, 0.6) is 0 Å². The fraction of sp³-hybridized carbons (Fsp3) is 0.333. The second kappa shape index (κ2) is 4.97. The summed E-state index contributed by atoms with van der Waals surface area (Å²) in [6.07, 6.45) is -0.633. The van der Waals surface area contributed by atoms with Crippen LogP contribution in [0.4, 0.5) is 0 Å². The number of rotatable bonds is 3. The maximum atomic E-state index is 10.9. The van der Waals surface area contributed by atoms with Crippen LogP contribution in [-0.4, -0.2) is 11.8 Å². The van der Waals surface area contributed by atoms with Gasteiger partial charge in [0.1, 0.15) is 5.76 Å². The SMILES string of the molecule is CC(=O)NC(NC(C)=O)c1ccc(Br)o1. The maximum Gasteiger partial charge on any atom is 0.218 e. The van der Waals surface area contributed by atoms with Gasteiger partial charge in [-0.1, -0.05) is 0 Å². The van der Waals surface area contributed by atoms with Gasteiger partial charge < -0.3 is 15.1 Å². The third kappa shape index (κ3) is 3.75. The molecule has 0 radical (unpaired) electrons. The zero-order valence-corrected chi connectivity index (χ0v) is 9.92. The summed E-state index contributed by atoms with van der Waals surface area (Å²) in [4.78, 5) is 21.8. The van der Waals surface area contributed by atoms with Gasteiger partial charge in [-0.15, -0.1) is 0 Å². The number of halogens is 1. The van der Waals surface area contributed by atoms with Gasteiger partial charge in [-0.25, -0.2) is 0 Å². The van der Waals surface area contributed by atoms with Crippen molar-refractivity contribution in [3.63, 3.8) is 0 Å². The minimum absolute atomic E-state index is 0.249. The molecule has 1 heterocycles. The fourth-order valence-electron chi connectivity index (χ4n) is 1.07. The molecule has 1 aromatic heterocycles. The van der Waals surface area contributed by atoms with Gasteiger partial charge in [0.25, 0.3) is 0 Å². The monoisotopic (exact) mass is 274 g/mol. The lowest BCUT2D eigenvalue weighted by Gasteiger charge is -2.15. The van der Waals surface area contributed by atoms with Crippen LogP contribution in [0.3, 0.4) is 0 Å². The molecule has 0 aliphatic rings. The van der Waals surface area contributed by atoms with E-state index in [2.05, 4.69) is 26.6 Å². The van der Waals surface area contributed by atoms with E-state index in [1.165, 1.54) is 13.8 Å². The topological polar surface area (TPSA) is 71.3 Å². The molecule has 1 rings (SSSR count). The molecule has 82 valence electrons. The molecular weight excluding hydrogens is 264 g/mol. The molecule has 2 amide bonds. The molecule has 0 atom stereocenters. The summed E-state index contributed by atoms with van der Waals surface area (Å²) in [5.41, 5.74) is 0. The molecular formula is C9H11BrN2O3. The first-order chi connectivity index (χ1) is 6.99. The molecule has 2 N–H and O–H groups in total. The summed E-state index contributed by atoms with van der Waals surface area (Å²) in [7, 11) is 0. The summed E-state index contributed by atoms with van der Waals surface area (Å²) in [5, 5.41) is 5.11. The molecule has 0 saturated heterocycles. The quantitative estimate of drug-likeness (QED) is 0.817. The first-order valence-electron chi connectivity index (χ1n) is 4.28. The number of furan rings is 1. The van der Waals surface area contributed by atoms with E-state index < -0.39 is 6.17 Å². The smallest absolute Gasteiger partial charge is 0.218 e. The number of hydrogen-bond acceptors (Lipinski definition) is 3. The molecule has 0 saturated carbocycles. The first kappa shape index (κ1) is 11.8. The van der Waals surface area contributed by atoms with E-state index in [1.807, 2.05) is 0 Å². The third-order valence-electron chi connectivity index (χ3n) is 1.57. The minimum Gasteiger partial charge on any atom is -0.450 e. The Morgan fingerprint density at radius 1 is 1.27 bits per heavy atom. The van der Waals surface area contributed by atoms with Gasteiger partial charge in [0.15, 0.2) is 10.8 Å². The highest BCUT2D eigenvalue weighted by Gasteiger charge is 2.16. The highest BCUT2D eigenvalue weighted by molar-refractivity contribution is 9.10. The van der Waals surface area contributed by atoms with Crippen molar-refractivity contribution >= 4 is 27.7 Å². The van der Waals surface area contributed by atoms with Crippen LogP contribution in [-0.2, 0) is 9.59 Å². The van der Waals surface area contributed by atoms with E-state index in [-0.39, 0.29) is 11.8 Å². The molecule has 1 aromatic rings. The zero-order valence-electron chi connectivity index (χ0n) is 8.33. The molecule has 0 unspecified atom stereocenters. The van der Waals surface area contributed by atoms with Gasteiger partial charge in [0, 0.05) is 13.8 Å². The van der Waals surface area contributed by atoms with Gasteiger partial charge in [-0.2, -0.15) is 0 Å². The van der Waals surface area contributed by atoms with Gasteiger partial charge >= 0.3 is 0 Å². The standard InChI is InChI=1S/C9H11BrN2O3/c1-5(13)11-9(12-6(2)14)7-3-4-8(10)15-7/h3-4,9H,1-2H3,(H,11,13)(H,12,14). The van der Waals surface area contributed by atoms with Crippen molar-refractivity contribution in [1.82, 2.24) is 10.6 Å². The highest BCUT2D eigenvalue weighted by atomic mass is 79.9. The van der Waals surface area contributed by atoms with E-state index in [1.54, 1.807) is 12.1 Å². The number of carbonyl (C=O) groups excluding carboxylic acids is 2. The summed E-state index contributed by atoms with van der Waals surface area (Å²) in [6.45, 7) is 2.74. The van der Waals surface area contributed by atoms with Crippen LogP contribution >= 0.6 is 15.9 Å². The maximum absolute atomic E-state index is 10.9. The molecule has 5 nitrogen and oxygen atoms in total. The Kier molecular flexibility index (Phi) is 3.90. The largest absolute Gasteiger partial charge is 0.450 e. The highest BCUT2D eigenvalue weighted by Crippen LogP contribution is 2.18. The van der Waals surface area contributed by atoms with Crippen LogP contribution in [0, 0.1) is 0 Å². The predicted octanol–water partition coefficient (Wildman–Crippen LogP) is 1.31. The van der Waals surface area contributed by atoms with Crippen molar-refractivity contribution in [3.05, 3.63) is 22.6 Å². The van der Waals surface area contributed by atoms with Gasteiger partial charge in [0.05, 0.1) is 0 Å². The molecule has 6 heteroatoms. The van der Waals surface area contributed by atoms with E-state index in [0.29, 0.717) is 10.4 Å². The summed E-state index contributed by atoms with van der Waals surface area (Å²) in [5.74, 6) is -0.0326. The zero-order chi connectivity index (χ0) is 11.4. The van der Waals surface area contributed by atoms with Crippen LogP contribution in [0.15, 0.2) is 21.2 Å². The second-order valence-corrected chi connectivity index (χ2v) is 3.76. The van der Waals surface area contributed by atoms with E-state index >= 15 is 0 Å². The van der Waals surface area contributed by atoms with Gasteiger partial charge in [0.2, 0.25) is 11.8 Å². The first-order valence-corrected chi connectivity index (χ1v) is 5.08. The van der Waals surface area contributed by atoms with Crippen molar-refractivity contribution in [1.29, 1.82) is 0 Å². The molecule has 0 spiro atoms. The Labute approximate surface area is 95.3 Å². The number of nitrogens with one attached hydrogen (secondary N) is 2. The Balaban J connectivity index is 2.80. The molecule has 0 aliphatic heterocycles. The predicted molar refractivity (Wildman–Crippen MR) is 56.8 cm³/mol.